The van der Waals surface area contributed by atoms with Gasteiger partial charge in [0.05, 0.1) is 11.4 Å². The molecule has 1 aromatic carbocycles. The summed E-state index contributed by atoms with van der Waals surface area (Å²) in [5.74, 6) is 0. The number of nitrogens with zero attached hydrogens (tertiary/aromatic N) is 1. The molecular formula is C18H17N. The van der Waals surface area contributed by atoms with Crippen LogP contribution in [0.3, 0.4) is 0 Å². The van der Waals surface area contributed by atoms with E-state index < -0.39 is 0 Å². The minimum Gasteiger partial charge on any atom is -0.248 e. The van der Waals surface area contributed by atoms with Crippen LogP contribution in [0, 0.1) is 0 Å². The molecule has 94 valence electrons. The molecule has 1 heterocycles. The summed E-state index contributed by atoms with van der Waals surface area (Å²) in [5, 5.41) is 0. The molecule has 0 fully saturated rings. The summed E-state index contributed by atoms with van der Waals surface area (Å²) in [5.41, 5.74) is 4.19. The van der Waals surface area contributed by atoms with Gasteiger partial charge in [-0.15, -0.1) is 0 Å². The van der Waals surface area contributed by atoms with Gasteiger partial charge in [0.1, 0.15) is 0 Å². The third kappa shape index (κ3) is 3.29. The maximum Gasteiger partial charge on any atom is 0.0709 e. The van der Waals surface area contributed by atoms with Gasteiger partial charge in [-0.2, -0.15) is 0 Å². The molecule has 0 saturated heterocycles. The van der Waals surface area contributed by atoms with Gasteiger partial charge in [0.25, 0.3) is 0 Å². The lowest BCUT2D eigenvalue weighted by molar-refractivity contribution is 1.28. The molecule has 0 radical (unpaired) electrons. The number of hydrogen-bond donors (Lipinski definition) is 0. The van der Waals surface area contributed by atoms with Crippen molar-refractivity contribution in [2.45, 2.75) is 6.92 Å². The van der Waals surface area contributed by atoms with E-state index in [4.69, 9.17) is 4.98 Å². The van der Waals surface area contributed by atoms with Crippen LogP contribution in [0.25, 0.3) is 16.8 Å². The van der Waals surface area contributed by atoms with Crippen molar-refractivity contribution in [1.82, 2.24) is 4.98 Å². The third-order valence-electron chi connectivity index (χ3n) is 2.84. The first-order chi connectivity index (χ1) is 9.35. The average molecular weight is 247 g/mol. The topological polar surface area (TPSA) is 12.9 Å². The van der Waals surface area contributed by atoms with Crippen molar-refractivity contribution in [3.63, 3.8) is 0 Å². The summed E-state index contributed by atoms with van der Waals surface area (Å²) in [4.78, 5) is 4.71. The Morgan fingerprint density at radius 3 is 2.53 bits per heavy atom. The van der Waals surface area contributed by atoms with Crippen molar-refractivity contribution in [2.24, 2.45) is 0 Å². The zero-order valence-electron chi connectivity index (χ0n) is 11.1. The molecule has 2 rings (SSSR count). The second-order valence-electron chi connectivity index (χ2n) is 4.11. The van der Waals surface area contributed by atoms with Gasteiger partial charge < -0.3 is 0 Å². The van der Waals surface area contributed by atoms with E-state index >= 15 is 0 Å². The SMILES string of the molecule is C=C/C=C\C(=C/C)c1cccc(-c2ccccc2)n1. The predicted molar refractivity (Wildman–Crippen MR) is 82.7 cm³/mol. The normalized spacial score (nSPS) is 11.7. The first kappa shape index (κ1) is 13.0. The van der Waals surface area contributed by atoms with Gasteiger partial charge in [0, 0.05) is 5.56 Å². The fourth-order valence-corrected chi connectivity index (χ4v) is 1.87. The second-order valence-corrected chi connectivity index (χ2v) is 4.11. The highest BCUT2D eigenvalue weighted by atomic mass is 14.7. The smallest absolute Gasteiger partial charge is 0.0709 e. The summed E-state index contributed by atoms with van der Waals surface area (Å²) in [6.07, 6.45) is 7.76. The number of benzene rings is 1. The minimum atomic E-state index is 0.974. The Morgan fingerprint density at radius 2 is 1.84 bits per heavy atom. The Labute approximate surface area is 114 Å². The van der Waals surface area contributed by atoms with Gasteiger partial charge in [0.15, 0.2) is 0 Å². The van der Waals surface area contributed by atoms with Crippen LogP contribution in [0.15, 0.2) is 79.4 Å². The van der Waals surface area contributed by atoms with Gasteiger partial charge in [-0.1, -0.05) is 67.3 Å². The van der Waals surface area contributed by atoms with E-state index in [2.05, 4.69) is 24.8 Å². The summed E-state index contributed by atoms with van der Waals surface area (Å²) in [6.45, 7) is 5.70. The maximum atomic E-state index is 4.71. The summed E-state index contributed by atoms with van der Waals surface area (Å²) in [7, 11) is 0. The molecule has 0 aliphatic rings. The molecule has 0 unspecified atom stereocenters. The minimum absolute atomic E-state index is 0.974. The molecule has 1 heteroatoms. The molecule has 0 spiro atoms. The van der Waals surface area contributed by atoms with Crippen LogP contribution in [0.1, 0.15) is 12.6 Å². The molecule has 0 amide bonds. The molecule has 2 aromatic rings. The van der Waals surface area contributed by atoms with Crippen molar-refractivity contribution in [1.29, 1.82) is 0 Å². The van der Waals surface area contributed by atoms with Crippen LogP contribution in [-0.4, -0.2) is 4.98 Å². The van der Waals surface area contributed by atoms with Crippen LogP contribution < -0.4 is 0 Å². The Kier molecular flexibility index (Phi) is 4.46. The van der Waals surface area contributed by atoms with Gasteiger partial charge in [-0.3, -0.25) is 0 Å². The first-order valence-electron chi connectivity index (χ1n) is 6.33. The van der Waals surface area contributed by atoms with Crippen LogP contribution >= 0.6 is 0 Å². The Morgan fingerprint density at radius 1 is 1.05 bits per heavy atom. The summed E-state index contributed by atoms with van der Waals surface area (Å²) in [6, 6.07) is 16.3. The molecular weight excluding hydrogens is 230 g/mol. The zero-order valence-corrected chi connectivity index (χ0v) is 11.1. The Bertz CT molecular complexity index is 607. The van der Waals surface area contributed by atoms with E-state index in [0.29, 0.717) is 0 Å². The third-order valence-corrected chi connectivity index (χ3v) is 2.84. The molecule has 0 aliphatic carbocycles. The highest BCUT2D eigenvalue weighted by molar-refractivity contribution is 5.73. The highest BCUT2D eigenvalue weighted by Crippen LogP contribution is 2.20. The van der Waals surface area contributed by atoms with Crippen LogP contribution in [-0.2, 0) is 0 Å². The zero-order chi connectivity index (χ0) is 13.5. The lowest BCUT2D eigenvalue weighted by atomic mass is 10.1. The van der Waals surface area contributed by atoms with Gasteiger partial charge in [-0.05, 0) is 24.6 Å². The number of pyridine rings is 1. The van der Waals surface area contributed by atoms with Crippen molar-refractivity contribution >= 4 is 5.57 Å². The van der Waals surface area contributed by atoms with Crippen LogP contribution in [0.2, 0.25) is 0 Å². The lowest BCUT2D eigenvalue weighted by Crippen LogP contribution is -1.90. The molecule has 0 atom stereocenters. The monoisotopic (exact) mass is 247 g/mol. The van der Waals surface area contributed by atoms with Crippen molar-refractivity contribution in [2.75, 3.05) is 0 Å². The van der Waals surface area contributed by atoms with E-state index in [1.165, 1.54) is 0 Å². The number of rotatable bonds is 4. The molecule has 0 aliphatic heterocycles. The van der Waals surface area contributed by atoms with E-state index in [0.717, 1.165) is 22.5 Å². The Balaban J connectivity index is 2.39. The summed E-state index contributed by atoms with van der Waals surface area (Å²) < 4.78 is 0. The van der Waals surface area contributed by atoms with Gasteiger partial charge in [-0.25, -0.2) is 4.98 Å². The van der Waals surface area contributed by atoms with Crippen LogP contribution in [0.5, 0.6) is 0 Å². The number of aromatic nitrogens is 1. The Hall–Kier alpha value is -2.41. The lowest BCUT2D eigenvalue weighted by Gasteiger charge is -2.05. The van der Waals surface area contributed by atoms with Crippen molar-refractivity contribution in [3.05, 3.63) is 85.1 Å². The van der Waals surface area contributed by atoms with E-state index in [9.17, 15) is 0 Å². The van der Waals surface area contributed by atoms with E-state index in [1.54, 1.807) is 6.08 Å². The van der Waals surface area contributed by atoms with Crippen LogP contribution in [0.4, 0.5) is 0 Å². The van der Waals surface area contributed by atoms with Gasteiger partial charge >= 0.3 is 0 Å². The van der Waals surface area contributed by atoms with E-state index in [-0.39, 0.29) is 0 Å². The second kappa shape index (κ2) is 6.50. The molecule has 1 aromatic heterocycles. The molecule has 0 N–H and O–H groups in total. The molecule has 0 bridgehead atoms. The van der Waals surface area contributed by atoms with E-state index in [1.807, 2.05) is 55.5 Å². The largest absolute Gasteiger partial charge is 0.248 e. The maximum absolute atomic E-state index is 4.71. The summed E-state index contributed by atoms with van der Waals surface area (Å²) >= 11 is 0. The average Bonchev–Trinajstić information content (AvgIpc) is 2.49. The number of hydrogen-bond acceptors (Lipinski definition) is 1. The fraction of sp³-hybridized carbons (Fsp3) is 0.0556. The molecule has 1 nitrogen and oxygen atoms in total. The fourth-order valence-electron chi connectivity index (χ4n) is 1.87. The van der Waals surface area contributed by atoms with Crippen molar-refractivity contribution < 1.29 is 0 Å². The standard InChI is InChI=1S/C18H17N/c1-3-5-10-15(4-2)17-13-9-14-18(19-17)16-11-7-6-8-12-16/h3-14H,1H2,2H3/b10-5-,15-4+. The molecule has 0 saturated carbocycles. The highest BCUT2D eigenvalue weighted by Gasteiger charge is 2.02. The number of allylic oxidation sites excluding steroid dienone is 5. The van der Waals surface area contributed by atoms with Crippen molar-refractivity contribution in [3.8, 4) is 11.3 Å². The predicted octanol–water partition coefficient (Wildman–Crippen LogP) is 4.89. The van der Waals surface area contributed by atoms with Gasteiger partial charge in [0.2, 0.25) is 0 Å². The quantitative estimate of drug-likeness (QED) is 0.701. The molecule has 19 heavy (non-hydrogen) atoms. The first-order valence-corrected chi connectivity index (χ1v) is 6.33.